The van der Waals surface area contributed by atoms with E-state index >= 15 is 0 Å². The Morgan fingerprint density at radius 2 is 1.62 bits per heavy atom. The topological polar surface area (TPSA) is 66.2 Å². The van der Waals surface area contributed by atoms with Gasteiger partial charge in [0.1, 0.15) is 0 Å². The number of hydrogen-bond donors (Lipinski definition) is 1. The first-order valence-corrected chi connectivity index (χ1v) is 11.2. The average molecular weight is 450 g/mol. The van der Waals surface area contributed by atoms with Crippen LogP contribution in [0.1, 0.15) is 18.5 Å². The molecule has 1 aromatic heterocycles. The van der Waals surface area contributed by atoms with Gasteiger partial charge in [-0.2, -0.15) is 5.10 Å². The van der Waals surface area contributed by atoms with Crippen LogP contribution in [0.2, 0.25) is 0 Å². The Hall–Kier alpha value is -2.43. The summed E-state index contributed by atoms with van der Waals surface area (Å²) in [6.07, 6.45) is -2.00. The van der Waals surface area contributed by atoms with Crippen LogP contribution in [0.4, 0.5) is 14.6 Å². The fourth-order valence-corrected chi connectivity index (χ4v) is 4.57. The average Bonchev–Trinajstić information content (AvgIpc) is 3.31. The minimum atomic E-state index is -3.62. The first kappa shape index (κ1) is 21.4. The summed E-state index contributed by atoms with van der Waals surface area (Å²) in [5, 5.41) is 14.4. The molecule has 1 aromatic carbocycles. The van der Waals surface area contributed by atoms with Gasteiger partial charge in [-0.3, -0.25) is 4.90 Å². The van der Waals surface area contributed by atoms with Gasteiger partial charge < -0.3 is 24.4 Å². The van der Waals surface area contributed by atoms with Crippen LogP contribution < -0.4 is 14.4 Å². The molecule has 2 aromatic rings. The summed E-state index contributed by atoms with van der Waals surface area (Å²) in [5.41, 5.74) is 1.57. The number of piperazine rings is 1. The Balaban J connectivity index is 1.18. The fourth-order valence-electron chi connectivity index (χ4n) is 4.57. The van der Waals surface area contributed by atoms with Gasteiger partial charge in [-0.15, -0.1) is 8.78 Å². The lowest BCUT2D eigenvalue weighted by Gasteiger charge is -2.37. The highest BCUT2D eigenvalue weighted by molar-refractivity contribution is 5.52. The highest BCUT2D eigenvalue weighted by Crippen LogP contribution is 2.42. The molecule has 0 saturated carbocycles. The predicted octanol–water partition coefficient (Wildman–Crippen LogP) is 2.08. The van der Waals surface area contributed by atoms with Crippen LogP contribution in [0.25, 0.3) is 5.69 Å². The number of benzene rings is 1. The molecule has 32 heavy (non-hydrogen) atoms. The molecule has 0 atom stereocenters. The summed E-state index contributed by atoms with van der Waals surface area (Å²) in [7, 11) is 0. The van der Waals surface area contributed by atoms with Crippen LogP contribution in [0.15, 0.2) is 24.3 Å². The smallest absolute Gasteiger partial charge is 0.395 e. The van der Waals surface area contributed by atoms with Gasteiger partial charge in [-0.25, -0.2) is 4.68 Å². The zero-order valence-corrected chi connectivity index (χ0v) is 18.2. The van der Waals surface area contributed by atoms with E-state index in [4.69, 9.17) is 5.10 Å². The van der Waals surface area contributed by atoms with Gasteiger partial charge in [0.15, 0.2) is 17.3 Å². The quantitative estimate of drug-likeness (QED) is 0.750. The molecular formula is C22H29F2N5O3. The number of nitrogens with zero attached hydrogens (tertiary/aromatic N) is 5. The number of aromatic nitrogens is 2. The lowest BCUT2D eigenvalue weighted by Crippen LogP contribution is -2.49. The maximum atomic E-state index is 13.3. The lowest BCUT2D eigenvalue weighted by atomic mass is 10.1. The number of rotatable bonds is 5. The molecule has 3 aliphatic heterocycles. The molecule has 2 fully saturated rings. The largest absolute Gasteiger partial charge is 0.586 e. The number of likely N-dealkylation sites (tertiary alicyclic amines) is 1. The van der Waals surface area contributed by atoms with E-state index in [1.54, 1.807) is 10.7 Å². The summed E-state index contributed by atoms with van der Waals surface area (Å²) >= 11 is 0. The van der Waals surface area contributed by atoms with Crippen molar-refractivity contribution in [3.8, 4) is 17.2 Å². The van der Waals surface area contributed by atoms with Crippen molar-refractivity contribution in [2.24, 2.45) is 0 Å². The highest BCUT2D eigenvalue weighted by Gasteiger charge is 2.43. The second-order valence-corrected chi connectivity index (χ2v) is 8.76. The van der Waals surface area contributed by atoms with E-state index in [1.807, 2.05) is 13.0 Å². The number of aliphatic hydroxyl groups is 1. The first-order chi connectivity index (χ1) is 15.4. The standard InChI is InChI=1S/C22H29F2N5O3/c1-16-14-21(25-29(16)17-2-3-19-20(15-17)32-22(23,24)31-19)28-12-10-27(11-13-28)9-8-26-6-4-18(30)5-7-26/h2-3,14-15,18,30H,4-13H2,1H3. The summed E-state index contributed by atoms with van der Waals surface area (Å²) in [5.74, 6) is 0.927. The maximum absolute atomic E-state index is 13.3. The van der Waals surface area contributed by atoms with Gasteiger partial charge in [0.2, 0.25) is 0 Å². The number of anilines is 1. The van der Waals surface area contributed by atoms with Crippen molar-refractivity contribution >= 4 is 5.82 Å². The number of aryl methyl sites for hydroxylation is 1. The zero-order valence-electron chi connectivity index (χ0n) is 18.2. The SMILES string of the molecule is Cc1cc(N2CCN(CCN3CCC(O)CC3)CC2)nn1-c1ccc2c(c1)OC(F)(F)O2. The van der Waals surface area contributed by atoms with Crippen LogP contribution in [-0.2, 0) is 0 Å². The third-order valence-electron chi connectivity index (χ3n) is 6.49. The van der Waals surface area contributed by atoms with Crippen LogP contribution in [0.5, 0.6) is 11.5 Å². The number of halogens is 2. The van der Waals surface area contributed by atoms with E-state index in [1.165, 1.54) is 12.1 Å². The second kappa shape index (κ2) is 8.49. The van der Waals surface area contributed by atoms with Gasteiger partial charge in [-0.1, -0.05) is 0 Å². The van der Waals surface area contributed by atoms with Crippen LogP contribution in [0, 0.1) is 6.92 Å². The summed E-state index contributed by atoms with van der Waals surface area (Å²) in [6, 6.07) is 6.73. The summed E-state index contributed by atoms with van der Waals surface area (Å²) in [6.45, 7) is 9.73. The van der Waals surface area contributed by atoms with E-state index < -0.39 is 6.29 Å². The Morgan fingerprint density at radius 1 is 0.969 bits per heavy atom. The molecule has 1 N–H and O–H groups in total. The molecule has 8 nitrogen and oxygen atoms in total. The Kier molecular flexibility index (Phi) is 5.68. The number of fused-ring (bicyclic) bond motifs is 1. The van der Waals surface area contributed by atoms with Crippen molar-refractivity contribution in [2.75, 3.05) is 57.3 Å². The summed E-state index contributed by atoms with van der Waals surface area (Å²) in [4.78, 5) is 7.17. The molecule has 0 amide bonds. The number of alkyl halides is 2. The number of ether oxygens (including phenoxy) is 2. The van der Waals surface area contributed by atoms with Crippen molar-refractivity contribution in [3.05, 3.63) is 30.0 Å². The molecule has 0 spiro atoms. The monoisotopic (exact) mass is 449 g/mol. The van der Waals surface area contributed by atoms with Gasteiger partial charge in [0.25, 0.3) is 0 Å². The molecule has 10 heteroatoms. The van der Waals surface area contributed by atoms with Crippen LogP contribution >= 0.6 is 0 Å². The van der Waals surface area contributed by atoms with Crippen molar-refractivity contribution in [2.45, 2.75) is 32.2 Å². The number of piperidine rings is 1. The summed E-state index contributed by atoms with van der Waals surface area (Å²) < 4.78 is 37.4. The highest BCUT2D eigenvalue weighted by atomic mass is 19.3. The molecule has 5 rings (SSSR count). The normalized spacial score (nSPS) is 21.9. The maximum Gasteiger partial charge on any atom is 0.586 e. The van der Waals surface area contributed by atoms with Gasteiger partial charge >= 0.3 is 6.29 Å². The molecule has 0 radical (unpaired) electrons. The molecule has 3 aliphatic rings. The van der Waals surface area contributed by atoms with Gasteiger partial charge in [0, 0.05) is 70.2 Å². The Bertz CT molecular complexity index is 953. The van der Waals surface area contributed by atoms with Gasteiger partial charge in [-0.05, 0) is 31.9 Å². The fraction of sp³-hybridized carbons (Fsp3) is 0.591. The van der Waals surface area contributed by atoms with E-state index in [9.17, 15) is 13.9 Å². The van der Waals surface area contributed by atoms with Crippen LogP contribution in [-0.4, -0.2) is 89.4 Å². The first-order valence-electron chi connectivity index (χ1n) is 11.2. The second-order valence-electron chi connectivity index (χ2n) is 8.76. The molecule has 2 saturated heterocycles. The Morgan fingerprint density at radius 3 is 2.34 bits per heavy atom. The lowest BCUT2D eigenvalue weighted by molar-refractivity contribution is -0.286. The van der Waals surface area contributed by atoms with Crippen molar-refractivity contribution in [1.29, 1.82) is 0 Å². The van der Waals surface area contributed by atoms with E-state index in [0.29, 0.717) is 5.69 Å². The molecule has 0 aliphatic carbocycles. The van der Waals surface area contributed by atoms with E-state index in [-0.39, 0.29) is 17.6 Å². The molecule has 174 valence electrons. The molecule has 4 heterocycles. The van der Waals surface area contributed by atoms with Gasteiger partial charge in [0.05, 0.1) is 11.8 Å². The third-order valence-corrected chi connectivity index (χ3v) is 6.49. The van der Waals surface area contributed by atoms with Crippen LogP contribution in [0.3, 0.4) is 0 Å². The number of aliphatic hydroxyl groups excluding tert-OH is 1. The molecular weight excluding hydrogens is 420 g/mol. The minimum Gasteiger partial charge on any atom is -0.395 e. The van der Waals surface area contributed by atoms with Crippen molar-refractivity contribution < 1.29 is 23.4 Å². The van der Waals surface area contributed by atoms with E-state index in [2.05, 4.69) is 24.2 Å². The predicted molar refractivity (Wildman–Crippen MR) is 115 cm³/mol. The number of hydrogen-bond acceptors (Lipinski definition) is 7. The minimum absolute atomic E-state index is 0.0146. The van der Waals surface area contributed by atoms with Crippen molar-refractivity contribution in [3.63, 3.8) is 0 Å². The van der Waals surface area contributed by atoms with E-state index in [0.717, 1.165) is 76.7 Å². The molecule has 0 bridgehead atoms. The molecule has 0 unspecified atom stereocenters. The van der Waals surface area contributed by atoms with Crippen molar-refractivity contribution in [1.82, 2.24) is 19.6 Å². The Labute approximate surface area is 185 Å². The zero-order chi connectivity index (χ0) is 22.3. The third kappa shape index (κ3) is 4.53.